The summed E-state index contributed by atoms with van der Waals surface area (Å²) in [5.41, 5.74) is 1.50. The third kappa shape index (κ3) is 8.69. The summed E-state index contributed by atoms with van der Waals surface area (Å²) in [6.07, 6.45) is -0.308. The molecule has 2 aromatic carbocycles. The van der Waals surface area contributed by atoms with E-state index in [1.165, 1.54) is 20.1 Å². The van der Waals surface area contributed by atoms with Gasteiger partial charge in [-0.15, -0.1) is 0 Å². The number of benzene rings is 2. The number of fused-ring (bicyclic) bond motifs is 1. The lowest BCUT2D eigenvalue weighted by Crippen LogP contribution is -2.58. The van der Waals surface area contributed by atoms with Gasteiger partial charge in [-0.05, 0) is 77.4 Å². The molecular formula is C37H51NO10. The molecule has 0 bridgehead atoms. The predicted molar refractivity (Wildman–Crippen MR) is 184 cm³/mol. The monoisotopic (exact) mass is 669 g/mol. The lowest BCUT2D eigenvalue weighted by atomic mass is 10.00. The molecule has 11 nitrogen and oxygen atoms in total. The van der Waals surface area contributed by atoms with E-state index in [9.17, 15) is 25.2 Å². The molecule has 3 aromatic rings. The van der Waals surface area contributed by atoms with Gasteiger partial charge in [0.15, 0.2) is 5.76 Å². The van der Waals surface area contributed by atoms with Gasteiger partial charge < -0.3 is 43.8 Å². The maximum absolute atomic E-state index is 14.3. The molecule has 1 aliphatic rings. The average molecular weight is 670 g/mol. The van der Waals surface area contributed by atoms with E-state index < -0.39 is 36.1 Å². The molecule has 11 heteroatoms. The molecule has 1 aliphatic heterocycles. The molecule has 0 aliphatic carbocycles. The van der Waals surface area contributed by atoms with Crippen LogP contribution in [0.3, 0.4) is 0 Å². The highest BCUT2D eigenvalue weighted by Gasteiger charge is 2.44. The van der Waals surface area contributed by atoms with E-state index in [0.717, 1.165) is 44.3 Å². The third-order valence-corrected chi connectivity index (χ3v) is 8.60. The van der Waals surface area contributed by atoms with Crippen LogP contribution < -0.4 is 19.6 Å². The zero-order valence-corrected chi connectivity index (χ0v) is 28.9. The molecular weight excluding hydrogens is 618 g/mol. The Morgan fingerprint density at radius 3 is 2.25 bits per heavy atom. The van der Waals surface area contributed by atoms with Gasteiger partial charge in [0.25, 0.3) is 0 Å². The van der Waals surface area contributed by atoms with Crippen molar-refractivity contribution in [2.75, 3.05) is 33.4 Å². The van der Waals surface area contributed by atoms with Crippen LogP contribution in [0.15, 0.2) is 51.2 Å². The Morgan fingerprint density at radius 2 is 1.65 bits per heavy atom. The van der Waals surface area contributed by atoms with Gasteiger partial charge in [-0.3, -0.25) is 9.69 Å². The molecule has 48 heavy (non-hydrogen) atoms. The molecule has 5 atom stereocenters. The first-order valence-corrected chi connectivity index (χ1v) is 16.8. The third-order valence-electron chi connectivity index (χ3n) is 8.60. The van der Waals surface area contributed by atoms with Crippen LogP contribution in [0, 0.1) is 0 Å². The van der Waals surface area contributed by atoms with Gasteiger partial charge in [-0.25, -0.2) is 0 Å². The lowest BCUT2D eigenvalue weighted by molar-refractivity contribution is -0.268. The van der Waals surface area contributed by atoms with Crippen molar-refractivity contribution >= 4 is 11.0 Å². The Labute approximate surface area is 282 Å². The minimum Gasteiger partial charge on any atom is -0.507 e. The fraction of sp³-hybridized carbons (Fsp3) is 0.541. The SMILES string of the molecule is CCCCN(CCCC)CCOc1cc(O)c2c(=O)c(O[C@H]3O[C@H](C)[C@@H](O)[C@H](O)[C@@H]3O)c(-c3ccc(OC)cc3)oc2c1CC=C(C)C. The van der Waals surface area contributed by atoms with Crippen LogP contribution in [-0.2, 0) is 11.2 Å². The highest BCUT2D eigenvalue weighted by Crippen LogP contribution is 2.41. The van der Waals surface area contributed by atoms with Crippen LogP contribution >= 0.6 is 0 Å². The number of phenols is 1. The Hall–Kier alpha value is -3.61. The summed E-state index contributed by atoms with van der Waals surface area (Å²) in [7, 11) is 1.54. The number of allylic oxidation sites excluding steroid dienone is 2. The van der Waals surface area contributed by atoms with Gasteiger partial charge in [0.2, 0.25) is 17.5 Å². The first-order valence-electron chi connectivity index (χ1n) is 16.8. The number of aromatic hydroxyl groups is 1. The summed E-state index contributed by atoms with van der Waals surface area (Å²) < 4.78 is 29.8. The quantitative estimate of drug-likeness (QED) is 0.150. The van der Waals surface area contributed by atoms with Gasteiger partial charge in [-0.2, -0.15) is 0 Å². The van der Waals surface area contributed by atoms with Crippen molar-refractivity contribution in [3.63, 3.8) is 0 Å². The van der Waals surface area contributed by atoms with Crippen LogP contribution in [0.4, 0.5) is 0 Å². The summed E-state index contributed by atoms with van der Waals surface area (Å²) in [5.74, 6) is 0.291. The molecule has 0 unspecified atom stereocenters. The van der Waals surface area contributed by atoms with Crippen molar-refractivity contribution in [1.82, 2.24) is 4.90 Å². The zero-order valence-electron chi connectivity index (χ0n) is 28.9. The molecule has 0 spiro atoms. The minimum absolute atomic E-state index is 0.0134. The maximum atomic E-state index is 14.3. The van der Waals surface area contributed by atoms with E-state index in [-0.39, 0.29) is 28.2 Å². The van der Waals surface area contributed by atoms with Crippen molar-refractivity contribution < 1.29 is 43.8 Å². The highest BCUT2D eigenvalue weighted by molar-refractivity contribution is 5.91. The molecule has 2 heterocycles. The van der Waals surface area contributed by atoms with E-state index in [1.54, 1.807) is 24.3 Å². The van der Waals surface area contributed by atoms with Crippen molar-refractivity contribution in [3.8, 4) is 34.3 Å². The molecule has 1 fully saturated rings. The smallest absolute Gasteiger partial charge is 0.239 e. The molecule has 4 N–H and O–H groups in total. The minimum atomic E-state index is -1.68. The summed E-state index contributed by atoms with van der Waals surface area (Å²) in [6.45, 7) is 12.8. The van der Waals surface area contributed by atoms with Gasteiger partial charge >= 0.3 is 0 Å². The fourth-order valence-corrected chi connectivity index (χ4v) is 5.64. The Bertz CT molecular complexity index is 1570. The number of ether oxygens (including phenoxy) is 4. The Kier molecular flexibility index (Phi) is 13.3. The first kappa shape index (κ1) is 37.2. The number of methoxy groups -OCH3 is 1. The second-order valence-electron chi connectivity index (χ2n) is 12.6. The molecule has 1 saturated heterocycles. The molecule has 0 saturated carbocycles. The van der Waals surface area contributed by atoms with Crippen LogP contribution in [0.1, 0.15) is 65.9 Å². The van der Waals surface area contributed by atoms with Crippen LogP contribution in [0.2, 0.25) is 0 Å². The fourth-order valence-electron chi connectivity index (χ4n) is 5.64. The summed E-state index contributed by atoms with van der Waals surface area (Å²) in [6, 6.07) is 8.20. The number of aliphatic hydroxyl groups excluding tert-OH is 3. The molecule has 264 valence electrons. The predicted octanol–water partition coefficient (Wildman–Crippen LogP) is 5.17. The van der Waals surface area contributed by atoms with Gasteiger partial charge in [0.05, 0.1) is 13.2 Å². The van der Waals surface area contributed by atoms with Gasteiger partial charge in [-0.1, -0.05) is 38.3 Å². The van der Waals surface area contributed by atoms with E-state index in [2.05, 4.69) is 18.7 Å². The van der Waals surface area contributed by atoms with Gasteiger partial charge in [0.1, 0.15) is 53.1 Å². The largest absolute Gasteiger partial charge is 0.507 e. The zero-order chi connectivity index (χ0) is 35.0. The second kappa shape index (κ2) is 17.2. The highest BCUT2D eigenvalue weighted by atomic mass is 16.7. The number of aliphatic hydroxyl groups is 3. The molecule has 0 radical (unpaired) electrons. The van der Waals surface area contributed by atoms with Gasteiger partial charge in [0, 0.05) is 23.7 Å². The molecule has 4 rings (SSSR count). The lowest BCUT2D eigenvalue weighted by Gasteiger charge is -2.38. The number of unbranched alkanes of at least 4 members (excludes halogenated alkanes) is 2. The van der Waals surface area contributed by atoms with Crippen LogP contribution in [0.25, 0.3) is 22.3 Å². The van der Waals surface area contributed by atoms with E-state index in [0.29, 0.717) is 42.2 Å². The molecule has 1 aromatic heterocycles. The topological polar surface area (TPSA) is 151 Å². The van der Waals surface area contributed by atoms with E-state index in [1.807, 2.05) is 19.9 Å². The normalized spacial score (nSPS) is 21.0. The van der Waals surface area contributed by atoms with E-state index in [4.69, 9.17) is 23.4 Å². The van der Waals surface area contributed by atoms with Crippen molar-refractivity contribution in [2.24, 2.45) is 0 Å². The standard InChI is InChI=1S/C37H51NO10/c1-7-9-17-38(18-10-8-2)19-20-45-28-21-27(39)29-31(41)36(48-37-33(43)32(42)30(40)23(5)46-37)34(24-12-14-25(44-6)15-13-24)47-35(29)26(28)16-11-22(3)4/h11-15,21,23,30,32-33,37,39-40,42-43H,7-10,16-20H2,1-6H3/t23-,30-,32+,33+,37-/m1/s1. The summed E-state index contributed by atoms with van der Waals surface area (Å²) in [5, 5.41) is 42.5. The maximum Gasteiger partial charge on any atom is 0.239 e. The molecule has 0 amide bonds. The number of hydrogen-bond donors (Lipinski definition) is 4. The van der Waals surface area contributed by atoms with Crippen LogP contribution in [-0.4, -0.2) is 89.4 Å². The Balaban J connectivity index is 1.85. The average Bonchev–Trinajstić information content (AvgIpc) is 3.07. The number of rotatable bonds is 16. The van der Waals surface area contributed by atoms with E-state index >= 15 is 0 Å². The Morgan fingerprint density at radius 1 is 0.979 bits per heavy atom. The second-order valence-corrected chi connectivity index (χ2v) is 12.6. The number of phenolic OH excluding ortho intramolecular Hbond substituents is 1. The van der Waals surface area contributed by atoms with Crippen molar-refractivity contribution in [3.05, 3.63) is 57.8 Å². The van der Waals surface area contributed by atoms with Crippen LogP contribution in [0.5, 0.6) is 23.0 Å². The first-order chi connectivity index (χ1) is 23.0. The number of nitrogens with zero attached hydrogens (tertiary/aromatic N) is 1. The summed E-state index contributed by atoms with van der Waals surface area (Å²) in [4.78, 5) is 16.7. The summed E-state index contributed by atoms with van der Waals surface area (Å²) >= 11 is 0. The van der Waals surface area contributed by atoms with Crippen molar-refractivity contribution in [2.45, 2.75) is 97.4 Å². The number of hydrogen-bond acceptors (Lipinski definition) is 11. The van der Waals surface area contributed by atoms with Crippen molar-refractivity contribution in [1.29, 1.82) is 0 Å².